The number of esters is 1. The minimum absolute atomic E-state index is 0.0295. The molecule has 9 heteroatoms. The van der Waals surface area contributed by atoms with Gasteiger partial charge in [0.25, 0.3) is 0 Å². The maximum Gasteiger partial charge on any atom is 0.309 e. The van der Waals surface area contributed by atoms with Crippen molar-refractivity contribution in [2.24, 2.45) is 5.92 Å². The van der Waals surface area contributed by atoms with Gasteiger partial charge in [-0.2, -0.15) is 9.57 Å². The van der Waals surface area contributed by atoms with Crippen LogP contribution in [0.25, 0.3) is 0 Å². The first-order valence-electron chi connectivity index (χ1n) is 8.92. The van der Waals surface area contributed by atoms with Crippen molar-refractivity contribution in [3.8, 4) is 6.07 Å². The molecule has 0 atom stereocenters. The summed E-state index contributed by atoms with van der Waals surface area (Å²) in [5.41, 5.74) is 1.16. The Bertz CT molecular complexity index is 1060. The van der Waals surface area contributed by atoms with Crippen LogP contribution in [0.1, 0.15) is 24.0 Å². The van der Waals surface area contributed by atoms with Crippen LogP contribution in [0.4, 0.5) is 8.78 Å². The first-order chi connectivity index (χ1) is 13.8. The lowest BCUT2D eigenvalue weighted by Gasteiger charge is -2.30. The second kappa shape index (κ2) is 8.68. The summed E-state index contributed by atoms with van der Waals surface area (Å²) in [7, 11) is -3.97. The van der Waals surface area contributed by atoms with E-state index >= 15 is 0 Å². The standard InChI is InChI=1S/C20H18F2N2O4S/c21-18-5-4-17(11-19(18)22)29(26,27)24-8-6-16(7-9-24)20(25)28-13-15-3-1-2-14(10-15)12-23/h1-5,10-11,16H,6-9,13H2. The van der Waals surface area contributed by atoms with E-state index in [1.807, 2.05) is 6.07 Å². The average Bonchev–Trinajstić information content (AvgIpc) is 2.74. The van der Waals surface area contributed by atoms with Gasteiger partial charge >= 0.3 is 5.97 Å². The van der Waals surface area contributed by atoms with E-state index in [0.717, 1.165) is 16.4 Å². The smallest absolute Gasteiger partial charge is 0.309 e. The summed E-state index contributed by atoms with van der Waals surface area (Å²) in [5, 5.41) is 8.89. The number of carbonyl (C=O) groups is 1. The molecule has 0 spiro atoms. The molecule has 1 aliphatic rings. The molecular weight excluding hydrogens is 402 g/mol. The summed E-state index contributed by atoms with van der Waals surface area (Å²) in [6.45, 7) is 0.178. The zero-order valence-electron chi connectivity index (χ0n) is 15.3. The van der Waals surface area contributed by atoms with Crippen molar-refractivity contribution in [2.75, 3.05) is 13.1 Å². The predicted octanol–water partition coefficient (Wildman–Crippen LogP) is 2.98. The van der Waals surface area contributed by atoms with Gasteiger partial charge in [0, 0.05) is 13.1 Å². The molecule has 0 aliphatic carbocycles. The van der Waals surface area contributed by atoms with E-state index in [4.69, 9.17) is 10.00 Å². The largest absolute Gasteiger partial charge is 0.461 e. The third-order valence-corrected chi connectivity index (χ3v) is 6.65. The second-order valence-corrected chi connectivity index (χ2v) is 8.61. The van der Waals surface area contributed by atoms with Crippen LogP contribution in [0.3, 0.4) is 0 Å². The zero-order chi connectivity index (χ0) is 21.0. The molecule has 0 saturated carbocycles. The summed E-state index contributed by atoms with van der Waals surface area (Å²) in [5.74, 6) is -3.24. The van der Waals surface area contributed by atoms with E-state index in [9.17, 15) is 22.0 Å². The first-order valence-corrected chi connectivity index (χ1v) is 10.4. The number of rotatable bonds is 5. The highest BCUT2D eigenvalue weighted by molar-refractivity contribution is 7.89. The van der Waals surface area contributed by atoms with Gasteiger partial charge in [-0.05, 0) is 48.7 Å². The molecule has 1 aliphatic heterocycles. The average molecular weight is 420 g/mol. The van der Waals surface area contributed by atoms with E-state index in [2.05, 4.69) is 0 Å². The highest BCUT2D eigenvalue weighted by atomic mass is 32.2. The topological polar surface area (TPSA) is 87.5 Å². The van der Waals surface area contributed by atoms with Crippen molar-refractivity contribution in [3.05, 3.63) is 65.2 Å². The molecule has 0 amide bonds. The van der Waals surface area contributed by atoms with E-state index < -0.39 is 33.5 Å². The Labute approximate surface area is 167 Å². The minimum Gasteiger partial charge on any atom is -0.461 e. The van der Waals surface area contributed by atoms with Gasteiger partial charge in [0.05, 0.1) is 22.4 Å². The van der Waals surface area contributed by atoms with Gasteiger partial charge in [-0.3, -0.25) is 4.79 Å². The van der Waals surface area contributed by atoms with E-state index in [0.29, 0.717) is 17.2 Å². The van der Waals surface area contributed by atoms with Crippen LogP contribution in [0, 0.1) is 28.9 Å². The molecule has 1 fully saturated rings. The Morgan fingerprint density at radius 2 is 1.86 bits per heavy atom. The molecule has 0 unspecified atom stereocenters. The minimum atomic E-state index is -3.97. The van der Waals surface area contributed by atoms with Gasteiger partial charge in [-0.15, -0.1) is 0 Å². The monoisotopic (exact) mass is 420 g/mol. The Morgan fingerprint density at radius 3 is 2.52 bits per heavy atom. The van der Waals surface area contributed by atoms with Crippen molar-refractivity contribution < 1.29 is 26.7 Å². The van der Waals surface area contributed by atoms with Gasteiger partial charge < -0.3 is 4.74 Å². The second-order valence-electron chi connectivity index (χ2n) is 6.67. The van der Waals surface area contributed by atoms with Crippen LogP contribution in [-0.4, -0.2) is 31.8 Å². The molecule has 3 rings (SSSR count). The number of carbonyl (C=O) groups excluding carboxylic acids is 1. The molecule has 1 saturated heterocycles. The van der Waals surface area contributed by atoms with Crippen LogP contribution >= 0.6 is 0 Å². The summed E-state index contributed by atoms with van der Waals surface area (Å²) >= 11 is 0. The highest BCUT2D eigenvalue weighted by Crippen LogP contribution is 2.25. The van der Waals surface area contributed by atoms with Gasteiger partial charge in [0.1, 0.15) is 6.61 Å². The number of benzene rings is 2. The molecule has 6 nitrogen and oxygen atoms in total. The Morgan fingerprint density at radius 1 is 1.14 bits per heavy atom. The first kappa shape index (κ1) is 20.9. The fraction of sp³-hybridized carbons (Fsp3) is 0.300. The fourth-order valence-electron chi connectivity index (χ4n) is 3.12. The number of sulfonamides is 1. The van der Waals surface area contributed by atoms with Crippen LogP contribution < -0.4 is 0 Å². The molecule has 1 heterocycles. The maximum absolute atomic E-state index is 13.4. The number of nitriles is 1. The zero-order valence-corrected chi connectivity index (χ0v) is 16.2. The lowest BCUT2D eigenvalue weighted by molar-refractivity contribution is -0.151. The number of piperidine rings is 1. The van der Waals surface area contributed by atoms with Crippen molar-refractivity contribution in [2.45, 2.75) is 24.3 Å². The summed E-state index contributed by atoms with van der Waals surface area (Å²) in [6, 6.07) is 11.2. The SMILES string of the molecule is N#Cc1cccc(COC(=O)C2CCN(S(=O)(=O)c3ccc(F)c(F)c3)CC2)c1. The molecule has 29 heavy (non-hydrogen) atoms. The molecule has 0 radical (unpaired) electrons. The van der Waals surface area contributed by atoms with Crippen LogP contribution in [0.2, 0.25) is 0 Å². The summed E-state index contributed by atoms with van der Waals surface area (Å²) < 4.78 is 58.1. The fourth-order valence-corrected chi connectivity index (χ4v) is 4.60. The summed E-state index contributed by atoms with van der Waals surface area (Å²) in [4.78, 5) is 12.0. The number of hydrogen-bond donors (Lipinski definition) is 0. The van der Waals surface area contributed by atoms with E-state index in [1.165, 1.54) is 0 Å². The van der Waals surface area contributed by atoms with Crippen molar-refractivity contribution in [1.29, 1.82) is 5.26 Å². The van der Waals surface area contributed by atoms with E-state index in [1.54, 1.807) is 24.3 Å². The number of nitrogens with zero attached hydrogens (tertiary/aromatic N) is 2. The third kappa shape index (κ3) is 4.78. The van der Waals surface area contributed by atoms with Gasteiger partial charge in [-0.25, -0.2) is 17.2 Å². The molecule has 2 aromatic carbocycles. The van der Waals surface area contributed by atoms with Gasteiger partial charge in [-0.1, -0.05) is 12.1 Å². The van der Waals surface area contributed by atoms with Gasteiger partial charge in [0.15, 0.2) is 11.6 Å². The van der Waals surface area contributed by atoms with Crippen LogP contribution in [0.5, 0.6) is 0 Å². The van der Waals surface area contributed by atoms with Crippen LogP contribution in [0.15, 0.2) is 47.4 Å². The normalized spacial score (nSPS) is 15.6. The Kier molecular flexibility index (Phi) is 6.25. The van der Waals surface area contributed by atoms with Gasteiger partial charge in [0.2, 0.25) is 10.0 Å². The third-order valence-electron chi connectivity index (χ3n) is 4.75. The maximum atomic E-state index is 13.4. The molecular formula is C20H18F2N2O4S. The van der Waals surface area contributed by atoms with Crippen molar-refractivity contribution >= 4 is 16.0 Å². The predicted molar refractivity (Wildman–Crippen MR) is 98.8 cm³/mol. The summed E-state index contributed by atoms with van der Waals surface area (Å²) in [6.07, 6.45) is 0.528. The van der Waals surface area contributed by atoms with Crippen molar-refractivity contribution in [1.82, 2.24) is 4.31 Å². The number of ether oxygens (including phenoxy) is 1. The van der Waals surface area contributed by atoms with Crippen LogP contribution in [-0.2, 0) is 26.2 Å². The molecule has 0 aromatic heterocycles. The molecule has 152 valence electrons. The number of hydrogen-bond acceptors (Lipinski definition) is 5. The number of halogens is 2. The lowest BCUT2D eigenvalue weighted by atomic mass is 9.98. The molecule has 0 N–H and O–H groups in total. The quantitative estimate of drug-likeness (QED) is 0.694. The Hall–Kier alpha value is -2.83. The van der Waals surface area contributed by atoms with Crippen molar-refractivity contribution in [3.63, 3.8) is 0 Å². The lowest BCUT2D eigenvalue weighted by Crippen LogP contribution is -2.40. The molecule has 2 aromatic rings. The Balaban J connectivity index is 1.57. The highest BCUT2D eigenvalue weighted by Gasteiger charge is 2.33. The molecule has 0 bridgehead atoms. The van der Waals surface area contributed by atoms with E-state index in [-0.39, 0.29) is 37.4 Å².